The largest absolute Gasteiger partial charge is 0.497 e. The Balaban J connectivity index is 1.73. The predicted octanol–water partition coefficient (Wildman–Crippen LogP) is 5.04. The monoisotopic (exact) mass is 447 g/mol. The Hall–Kier alpha value is -2.58. The first-order valence-corrected chi connectivity index (χ1v) is 9.63. The highest BCUT2D eigenvalue weighted by Crippen LogP contribution is 2.37. The summed E-state index contributed by atoms with van der Waals surface area (Å²) >= 11 is 5.00. The molecular formula is C19H18BrN3O3S. The second-order valence-corrected chi connectivity index (χ2v) is 7.00. The number of nitrogens with one attached hydrogen (secondary N) is 1. The molecule has 0 aliphatic heterocycles. The molecule has 0 aliphatic rings. The fourth-order valence-electron chi connectivity index (χ4n) is 2.40. The number of hydrogen-bond donors (Lipinski definition) is 1. The molecule has 0 saturated heterocycles. The van der Waals surface area contributed by atoms with E-state index in [1.165, 1.54) is 11.3 Å². The third kappa shape index (κ3) is 4.40. The van der Waals surface area contributed by atoms with Gasteiger partial charge in [-0.3, -0.25) is 5.43 Å². The van der Waals surface area contributed by atoms with E-state index in [4.69, 9.17) is 14.2 Å². The third-order valence-corrected chi connectivity index (χ3v) is 5.31. The molecule has 0 amide bonds. The summed E-state index contributed by atoms with van der Waals surface area (Å²) in [5.74, 6) is 2.07. The normalized spacial score (nSPS) is 10.8. The number of halogens is 1. The van der Waals surface area contributed by atoms with Crippen LogP contribution in [0.5, 0.6) is 17.2 Å². The average molecular weight is 448 g/mol. The maximum atomic E-state index is 5.37. The zero-order chi connectivity index (χ0) is 19.2. The maximum absolute atomic E-state index is 5.37. The molecule has 0 radical (unpaired) electrons. The number of hydrazone groups is 1. The zero-order valence-corrected chi connectivity index (χ0v) is 17.4. The third-order valence-electron chi connectivity index (χ3n) is 3.75. The van der Waals surface area contributed by atoms with Crippen LogP contribution in [0.4, 0.5) is 5.13 Å². The van der Waals surface area contributed by atoms with Gasteiger partial charge in [0.05, 0.1) is 37.7 Å². The number of aromatic nitrogens is 1. The number of anilines is 1. The van der Waals surface area contributed by atoms with E-state index in [-0.39, 0.29) is 0 Å². The number of thiazole rings is 1. The minimum Gasteiger partial charge on any atom is -0.497 e. The molecule has 1 heterocycles. The first-order chi connectivity index (χ1) is 13.2. The molecular weight excluding hydrogens is 430 g/mol. The highest BCUT2D eigenvalue weighted by atomic mass is 79.9. The summed E-state index contributed by atoms with van der Waals surface area (Å²) in [5.41, 5.74) is 5.67. The van der Waals surface area contributed by atoms with Crippen LogP contribution in [0.1, 0.15) is 5.56 Å². The SMILES string of the molecule is COc1cccc(-c2csc(N/N=C\c3ccc(OC)c(OC)c3Br)n2)c1. The topological polar surface area (TPSA) is 65.0 Å². The molecule has 0 saturated carbocycles. The van der Waals surface area contributed by atoms with Gasteiger partial charge in [0, 0.05) is 16.5 Å². The van der Waals surface area contributed by atoms with Gasteiger partial charge in [-0.25, -0.2) is 4.98 Å². The summed E-state index contributed by atoms with van der Waals surface area (Å²) in [4.78, 5) is 4.55. The Morgan fingerprint density at radius 3 is 2.70 bits per heavy atom. The quantitative estimate of drug-likeness (QED) is 0.405. The fraction of sp³-hybridized carbons (Fsp3) is 0.158. The number of rotatable bonds is 7. The lowest BCUT2D eigenvalue weighted by atomic mass is 10.2. The predicted molar refractivity (Wildman–Crippen MR) is 113 cm³/mol. The van der Waals surface area contributed by atoms with Crippen molar-refractivity contribution in [2.45, 2.75) is 0 Å². The zero-order valence-electron chi connectivity index (χ0n) is 15.0. The lowest BCUT2D eigenvalue weighted by molar-refractivity contribution is 0.353. The second kappa shape index (κ2) is 8.88. The summed E-state index contributed by atoms with van der Waals surface area (Å²) in [7, 11) is 4.84. The van der Waals surface area contributed by atoms with Gasteiger partial charge >= 0.3 is 0 Å². The average Bonchev–Trinajstić information content (AvgIpc) is 3.18. The van der Waals surface area contributed by atoms with Crippen LogP contribution in [0.2, 0.25) is 0 Å². The molecule has 1 aromatic heterocycles. The van der Waals surface area contributed by atoms with E-state index < -0.39 is 0 Å². The molecule has 27 heavy (non-hydrogen) atoms. The molecule has 0 spiro atoms. The smallest absolute Gasteiger partial charge is 0.203 e. The Kier molecular flexibility index (Phi) is 6.31. The summed E-state index contributed by atoms with van der Waals surface area (Å²) in [6.45, 7) is 0. The summed E-state index contributed by atoms with van der Waals surface area (Å²) in [6.07, 6.45) is 1.69. The van der Waals surface area contributed by atoms with Gasteiger partial charge in [-0.2, -0.15) is 5.10 Å². The number of ether oxygens (including phenoxy) is 3. The van der Waals surface area contributed by atoms with Gasteiger partial charge in [-0.1, -0.05) is 12.1 Å². The van der Waals surface area contributed by atoms with E-state index in [9.17, 15) is 0 Å². The fourth-order valence-corrected chi connectivity index (χ4v) is 3.66. The molecule has 8 heteroatoms. The van der Waals surface area contributed by atoms with Gasteiger partial charge in [-0.05, 0) is 40.2 Å². The minimum atomic E-state index is 0.621. The molecule has 0 atom stereocenters. The van der Waals surface area contributed by atoms with E-state index in [0.717, 1.165) is 27.0 Å². The molecule has 6 nitrogen and oxygen atoms in total. The van der Waals surface area contributed by atoms with Crippen LogP contribution < -0.4 is 19.6 Å². The lowest BCUT2D eigenvalue weighted by Gasteiger charge is -2.10. The van der Waals surface area contributed by atoms with Crippen molar-refractivity contribution in [3.05, 3.63) is 51.8 Å². The van der Waals surface area contributed by atoms with E-state index in [1.807, 2.05) is 41.8 Å². The second-order valence-electron chi connectivity index (χ2n) is 5.34. The number of nitrogens with zero attached hydrogens (tertiary/aromatic N) is 2. The highest BCUT2D eigenvalue weighted by Gasteiger charge is 2.11. The van der Waals surface area contributed by atoms with Crippen LogP contribution in [0.25, 0.3) is 11.3 Å². The van der Waals surface area contributed by atoms with E-state index in [0.29, 0.717) is 16.6 Å². The van der Waals surface area contributed by atoms with Crippen molar-refractivity contribution in [2.75, 3.05) is 26.8 Å². The summed E-state index contributed by atoms with van der Waals surface area (Å²) in [6, 6.07) is 11.5. The van der Waals surface area contributed by atoms with Crippen molar-refractivity contribution >= 4 is 38.6 Å². The van der Waals surface area contributed by atoms with Gasteiger partial charge in [0.15, 0.2) is 11.5 Å². The molecule has 1 N–H and O–H groups in total. The van der Waals surface area contributed by atoms with Crippen LogP contribution >= 0.6 is 27.3 Å². The number of benzene rings is 2. The van der Waals surface area contributed by atoms with Crippen molar-refractivity contribution in [3.8, 4) is 28.5 Å². The summed E-state index contributed by atoms with van der Waals surface area (Å²) in [5, 5.41) is 6.93. The van der Waals surface area contributed by atoms with Gasteiger partial charge in [0.25, 0.3) is 0 Å². The molecule has 0 bridgehead atoms. The molecule has 140 valence electrons. The Morgan fingerprint density at radius 1 is 1.11 bits per heavy atom. The van der Waals surface area contributed by atoms with Gasteiger partial charge in [-0.15, -0.1) is 11.3 Å². The first kappa shape index (κ1) is 19.2. The van der Waals surface area contributed by atoms with Gasteiger partial charge < -0.3 is 14.2 Å². The Labute approximate surface area is 169 Å². The lowest BCUT2D eigenvalue weighted by Crippen LogP contribution is -1.96. The van der Waals surface area contributed by atoms with E-state index in [2.05, 4.69) is 31.4 Å². The Bertz CT molecular complexity index is 959. The number of methoxy groups -OCH3 is 3. The van der Waals surface area contributed by atoms with Crippen LogP contribution in [0.3, 0.4) is 0 Å². The van der Waals surface area contributed by atoms with Gasteiger partial charge in [0.1, 0.15) is 5.75 Å². The van der Waals surface area contributed by atoms with Crippen molar-refractivity contribution in [1.29, 1.82) is 0 Å². The summed E-state index contributed by atoms with van der Waals surface area (Å²) < 4.78 is 16.7. The van der Waals surface area contributed by atoms with Crippen LogP contribution in [-0.4, -0.2) is 32.5 Å². The van der Waals surface area contributed by atoms with E-state index >= 15 is 0 Å². The molecule has 0 aliphatic carbocycles. The molecule has 0 unspecified atom stereocenters. The van der Waals surface area contributed by atoms with Crippen molar-refractivity contribution in [2.24, 2.45) is 5.10 Å². The first-order valence-electron chi connectivity index (χ1n) is 7.95. The minimum absolute atomic E-state index is 0.621. The van der Waals surface area contributed by atoms with Crippen LogP contribution in [-0.2, 0) is 0 Å². The van der Waals surface area contributed by atoms with E-state index in [1.54, 1.807) is 27.5 Å². The Morgan fingerprint density at radius 2 is 1.96 bits per heavy atom. The van der Waals surface area contributed by atoms with Gasteiger partial charge in [0.2, 0.25) is 5.13 Å². The van der Waals surface area contributed by atoms with Crippen molar-refractivity contribution in [1.82, 2.24) is 4.98 Å². The number of hydrogen-bond acceptors (Lipinski definition) is 7. The van der Waals surface area contributed by atoms with Crippen molar-refractivity contribution < 1.29 is 14.2 Å². The molecule has 2 aromatic carbocycles. The van der Waals surface area contributed by atoms with Crippen LogP contribution in [0.15, 0.2) is 51.4 Å². The van der Waals surface area contributed by atoms with Crippen LogP contribution in [0, 0.1) is 0 Å². The van der Waals surface area contributed by atoms with Crippen molar-refractivity contribution in [3.63, 3.8) is 0 Å². The highest BCUT2D eigenvalue weighted by molar-refractivity contribution is 9.10. The molecule has 0 fully saturated rings. The standard InChI is InChI=1S/C19H18BrN3O3S/c1-24-14-6-4-5-12(9-14)15-11-27-19(22-15)23-21-10-13-7-8-16(25-2)18(26-3)17(13)20/h4-11H,1-3H3,(H,22,23)/b21-10-. The molecule has 3 aromatic rings. The maximum Gasteiger partial charge on any atom is 0.203 e. The molecule has 3 rings (SSSR count).